The number of rotatable bonds is 44. The molecule has 7 unspecified atom stereocenters. The zero-order valence-corrected chi connectivity index (χ0v) is 39.2. The number of hydrogen-bond acceptors (Lipinski definition) is 8. The third kappa shape index (κ3) is 31.7. The summed E-state index contributed by atoms with van der Waals surface area (Å²) in [4.78, 5) is 13.0. The first kappa shape index (κ1) is 56.9. The molecule has 6 N–H and O–H groups in total. The number of hydrogen-bond donors (Lipinski definition) is 6. The molecule has 0 saturated carbocycles. The van der Waals surface area contributed by atoms with Crippen molar-refractivity contribution in [1.29, 1.82) is 0 Å². The highest BCUT2D eigenvalue weighted by atomic mass is 16.7. The minimum Gasteiger partial charge on any atom is -0.394 e. The molecule has 60 heavy (non-hydrogen) atoms. The van der Waals surface area contributed by atoms with Gasteiger partial charge in [0.2, 0.25) is 5.91 Å². The molecule has 1 rings (SSSR count). The van der Waals surface area contributed by atoms with E-state index >= 15 is 0 Å². The second-order valence-electron chi connectivity index (χ2n) is 18.3. The summed E-state index contributed by atoms with van der Waals surface area (Å²) in [7, 11) is 0. The lowest BCUT2D eigenvalue weighted by atomic mass is 9.99. The molecule has 1 aliphatic heterocycles. The molecule has 0 radical (unpaired) electrons. The van der Waals surface area contributed by atoms with Crippen LogP contribution in [0.25, 0.3) is 0 Å². The van der Waals surface area contributed by atoms with Gasteiger partial charge in [0, 0.05) is 6.42 Å². The summed E-state index contributed by atoms with van der Waals surface area (Å²) in [6, 6.07) is -0.798. The highest BCUT2D eigenvalue weighted by molar-refractivity contribution is 5.76. The van der Waals surface area contributed by atoms with E-state index in [4.69, 9.17) is 9.47 Å². The predicted molar refractivity (Wildman–Crippen MR) is 249 cm³/mol. The first-order chi connectivity index (χ1) is 29.3. The second kappa shape index (κ2) is 41.9. The highest BCUT2D eigenvalue weighted by Gasteiger charge is 2.44. The number of unbranched alkanes of at least 4 members (excludes halogenated alkanes) is 34. The molecule has 9 heteroatoms. The Morgan fingerprint density at radius 2 is 0.917 bits per heavy atom. The van der Waals surface area contributed by atoms with Crippen molar-refractivity contribution >= 4 is 5.91 Å². The van der Waals surface area contributed by atoms with Gasteiger partial charge in [0.05, 0.1) is 25.4 Å². The Balaban J connectivity index is 2.20. The predicted octanol–water partition coefficient (Wildman–Crippen LogP) is 11.7. The van der Waals surface area contributed by atoms with Gasteiger partial charge in [0.1, 0.15) is 24.4 Å². The highest BCUT2D eigenvalue weighted by Crippen LogP contribution is 2.23. The van der Waals surface area contributed by atoms with E-state index in [1.807, 2.05) is 6.08 Å². The second-order valence-corrected chi connectivity index (χ2v) is 18.3. The van der Waals surface area contributed by atoms with Crippen LogP contribution in [0.15, 0.2) is 12.2 Å². The normalized spacial score (nSPS) is 20.6. The van der Waals surface area contributed by atoms with E-state index in [2.05, 4.69) is 19.2 Å². The number of carbonyl (C=O) groups excluding carboxylic acids is 1. The molecule has 1 amide bonds. The molecule has 0 bridgehead atoms. The molecule has 0 spiro atoms. The monoisotopic (exact) mass is 854 g/mol. The van der Waals surface area contributed by atoms with Crippen LogP contribution in [0.2, 0.25) is 0 Å². The third-order valence-corrected chi connectivity index (χ3v) is 12.6. The Labute approximate surface area is 369 Å². The minimum atomic E-state index is -1.56. The van der Waals surface area contributed by atoms with Crippen molar-refractivity contribution in [2.45, 2.75) is 294 Å². The fourth-order valence-corrected chi connectivity index (χ4v) is 8.45. The largest absolute Gasteiger partial charge is 0.394 e. The molecule has 7 atom stereocenters. The molecule has 0 aromatic rings. The summed E-state index contributed by atoms with van der Waals surface area (Å²) in [5.41, 5.74) is 0. The van der Waals surface area contributed by atoms with Crippen LogP contribution in [0.4, 0.5) is 0 Å². The Kier molecular flexibility index (Phi) is 39.8. The molecule has 0 aliphatic carbocycles. The number of aliphatic hydroxyl groups excluding tert-OH is 5. The maximum absolute atomic E-state index is 13.0. The quantitative estimate of drug-likeness (QED) is 0.0262. The van der Waals surface area contributed by atoms with Gasteiger partial charge in [0.15, 0.2) is 6.29 Å². The Bertz CT molecular complexity index is 950. The van der Waals surface area contributed by atoms with Crippen LogP contribution in [0.3, 0.4) is 0 Å². The van der Waals surface area contributed by atoms with Gasteiger partial charge >= 0.3 is 0 Å². The number of aliphatic hydroxyl groups is 5. The number of carbonyl (C=O) groups is 1. The van der Waals surface area contributed by atoms with E-state index in [9.17, 15) is 30.3 Å². The van der Waals surface area contributed by atoms with Crippen LogP contribution in [0.5, 0.6) is 0 Å². The van der Waals surface area contributed by atoms with Crippen LogP contribution in [0, 0.1) is 0 Å². The summed E-state index contributed by atoms with van der Waals surface area (Å²) in [6.07, 6.45) is 42.7. The molecular formula is C51H99NO8. The van der Waals surface area contributed by atoms with Gasteiger partial charge in [-0.1, -0.05) is 238 Å². The molecule has 1 aliphatic rings. The minimum absolute atomic E-state index is 0.173. The summed E-state index contributed by atoms with van der Waals surface area (Å²) in [5.74, 6) is -0.173. The van der Waals surface area contributed by atoms with E-state index < -0.39 is 49.5 Å². The molecule has 0 aromatic heterocycles. The average molecular weight is 854 g/mol. The first-order valence-corrected chi connectivity index (χ1v) is 25.9. The zero-order valence-electron chi connectivity index (χ0n) is 39.2. The van der Waals surface area contributed by atoms with E-state index in [-0.39, 0.29) is 12.5 Å². The van der Waals surface area contributed by atoms with Crippen molar-refractivity contribution in [3.63, 3.8) is 0 Å². The molecule has 0 aromatic carbocycles. The van der Waals surface area contributed by atoms with E-state index in [1.165, 1.54) is 193 Å². The van der Waals surface area contributed by atoms with Gasteiger partial charge in [-0.05, 0) is 19.3 Å². The van der Waals surface area contributed by atoms with Gasteiger partial charge < -0.3 is 40.3 Å². The lowest BCUT2D eigenvalue weighted by Crippen LogP contribution is -2.60. The van der Waals surface area contributed by atoms with Gasteiger partial charge in [-0.3, -0.25) is 4.79 Å². The molecule has 356 valence electrons. The van der Waals surface area contributed by atoms with Gasteiger partial charge in [-0.25, -0.2) is 0 Å². The smallest absolute Gasteiger partial charge is 0.220 e. The Morgan fingerprint density at radius 3 is 1.30 bits per heavy atom. The van der Waals surface area contributed by atoms with Gasteiger partial charge in [-0.2, -0.15) is 0 Å². The maximum Gasteiger partial charge on any atom is 0.220 e. The van der Waals surface area contributed by atoms with E-state index in [1.54, 1.807) is 6.08 Å². The van der Waals surface area contributed by atoms with Crippen molar-refractivity contribution in [2.24, 2.45) is 0 Å². The van der Waals surface area contributed by atoms with Crippen LogP contribution < -0.4 is 5.32 Å². The van der Waals surface area contributed by atoms with E-state index in [0.29, 0.717) is 6.42 Å². The first-order valence-electron chi connectivity index (χ1n) is 25.9. The maximum atomic E-state index is 13.0. The van der Waals surface area contributed by atoms with Crippen molar-refractivity contribution in [2.75, 3.05) is 13.2 Å². The topological polar surface area (TPSA) is 149 Å². The summed E-state index contributed by atoms with van der Waals surface area (Å²) < 4.78 is 11.2. The Morgan fingerprint density at radius 1 is 0.550 bits per heavy atom. The number of ether oxygens (including phenoxy) is 2. The lowest BCUT2D eigenvalue weighted by Gasteiger charge is -2.40. The fraction of sp³-hybridized carbons (Fsp3) is 0.941. The molecule has 1 saturated heterocycles. The standard InChI is InChI=1S/C51H99NO8/c1-3-5-7-9-11-13-15-17-18-19-20-21-22-23-24-25-26-27-28-29-31-33-35-37-39-41-47(55)52-44(43-59-51-50(58)49(57)48(56)46(42-53)60-51)45(54)40-38-36-34-32-30-16-14-12-10-8-6-4-2/h38,40,44-46,48-51,53-54,56-58H,3-37,39,41-43H2,1-2H3,(H,52,55)/b40-38+. The third-order valence-electron chi connectivity index (χ3n) is 12.6. The summed E-state index contributed by atoms with van der Waals surface area (Å²) >= 11 is 0. The van der Waals surface area contributed by atoms with Gasteiger partial charge in [0.25, 0.3) is 0 Å². The number of allylic oxidation sites excluding steroid dienone is 1. The lowest BCUT2D eigenvalue weighted by molar-refractivity contribution is -0.302. The molecule has 1 fully saturated rings. The van der Waals surface area contributed by atoms with Crippen LogP contribution in [-0.2, 0) is 14.3 Å². The SMILES string of the molecule is CCCCCCCCCCCC/C=C/C(O)C(COC1OC(CO)C(O)C(O)C1O)NC(=O)CCCCCCCCCCCCCCCCCCCCCCCCCCC. The van der Waals surface area contributed by atoms with Crippen molar-refractivity contribution in [3.05, 3.63) is 12.2 Å². The number of amides is 1. The molecule has 1 heterocycles. The number of nitrogens with one attached hydrogen (secondary N) is 1. The van der Waals surface area contributed by atoms with Gasteiger partial charge in [-0.15, -0.1) is 0 Å². The van der Waals surface area contributed by atoms with Crippen LogP contribution in [-0.4, -0.2) is 87.5 Å². The van der Waals surface area contributed by atoms with E-state index in [0.717, 1.165) is 38.5 Å². The zero-order chi connectivity index (χ0) is 43.7. The average Bonchev–Trinajstić information content (AvgIpc) is 3.25. The molecule has 9 nitrogen and oxygen atoms in total. The Hall–Kier alpha value is -1.07. The van der Waals surface area contributed by atoms with Crippen molar-refractivity contribution < 1.29 is 39.8 Å². The fourth-order valence-electron chi connectivity index (χ4n) is 8.45. The van der Waals surface area contributed by atoms with Crippen LogP contribution in [0.1, 0.15) is 251 Å². The molecular weight excluding hydrogens is 755 g/mol. The van der Waals surface area contributed by atoms with Crippen LogP contribution >= 0.6 is 0 Å². The van der Waals surface area contributed by atoms with Crippen molar-refractivity contribution in [1.82, 2.24) is 5.32 Å². The van der Waals surface area contributed by atoms with Crippen molar-refractivity contribution in [3.8, 4) is 0 Å². The summed E-state index contributed by atoms with van der Waals surface area (Å²) in [5, 5.41) is 54.2. The summed E-state index contributed by atoms with van der Waals surface area (Å²) in [6.45, 7) is 3.79.